The van der Waals surface area contributed by atoms with Gasteiger partial charge in [0.15, 0.2) is 0 Å². The lowest BCUT2D eigenvalue weighted by Gasteiger charge is -2.35. The van der Waals surface area contributed by atoms with Gasteiger partial charge in [0.1, 0.15) is 23.5 Å². The van der Waals surface area contributed by atoms with Crippen molar-refractivity contribution in [3.8, 4) is 5.75 Å². The normalized spacial score (nSPS) is 16.6. The lowest BCUT2D eigenvalue weighted by molar-refractivity contribution is -0.136. The van der Waals surface area contributed by atoms with Crippen molar-refractivity contribution in [2.24, 2.45) is 5.92 Å². The third-order valence-electron chi connectivity index (χ3n) is 4.68. The van der Waals surface area contributed by atoms with Crippen molar-refractivity contribution in [2.75, 3.05) is 13.1 Å². The lowest BCUT2D eigenvalue weighted by atomic mass is 10.0. The average molecular weight is 391 g/mol. The number of rotatable bonds is 5. The maximum Gasteiger partial charge on any atom is 0.408 e. The first-order valence-corrected chi connectivity index (χ1v) is 10.1. The van der Waals surface area contributed by atoms with Gasteiger partial charge in [-0.25, -0.2) is 4.79 Å². The maximum absolute atomic E-state index is 13.0. The summed E-state index contributed by atoms with van der Waals surface area (Å²) in [7, 11) is 0. The number of carbonyl (C=O) groups is 2. The van der Waals surface area contributed by atoms with E-state index in [0.717, 1.165) is 18.6 Å². The molecule has 6 nitrogen and oxygen atoms in total. The molecule has 0 aromatic heterocycles. The summed E-state index contributed by atoms with van der Waals surface area (Å²) in [5, 5.41) is 2.74. The van der Waals surface area contributed by atoms with Gasteiger partial charge in [-0.05, 0) is 45.7 Å². The van der Waals surface area contributed by atoms with Crippen LogP contribution in [0.4, 0.5) is 4.79 Å². The fraction of sp³-hybridized carbons (Fsp3) is 0.636. The second-order valence-corrected chi connectivity index (χ2v) is 8.82. The van der Waals surface area contributed by atoms with Crippen LogP contribution in [0.5, 0.6) is 5.75 Å². The highest BCUT2D eigenvalue weighted by Crippen LogP contribution is 2.21. The Labute approximate surface area is 168 Å². The molecule has 2 rings (SSSR count). The molecule has 1 N–H and O–H groups in total. The molecule has 0 saturated carbocycles. The van der Waals surface area contributed by atoms with Gasteiger partial charge < -0.3 is 19.7 Å². The third kappa shape index (κ3) is 6.73. The van der Waals surface area contributed by atoms with Crippen LogP contribution in [0.2, 0.25) is 0 Å². The van der Waals surface area contributed by atoms with Crippen LogP contribution in [0.3, 0.4) is 0 Å². The molecule has 1 aromatic rings. The Hall–Kier alpha value is -2.24. The van der Waals surface area contributed by atoms with E-state index in [2.05, 4.69) is 5.32 Å². The van der Waals surface area contributed by atoms with Crippen LogP contribution in [0.25, 0.3) is 0 Å². The van der Waals surface area contributed by atoms with Crippen molar-refractivity contribution in [3.63, 3.8) is 0 Å². The van der Waals surface area contributed by atoms with Gasteiger partial charge in [0.05, 0.1) is 0 Å². The first-order valence-electron chi connectivity index (χ1n) is 10.1. The molecule has 2 amide bonds. The molecule has 1 saturated heterocycles. The van der Waals surface area contributed by atoms with Crippen molar-refractivity contribution in [3.05, 3.63) is 29.8 Å². The van der Waals surface area contributed by atoms with Gasteiger partial charge in [-0.2, -0.15) is 0 Å². The van der Waals surface area contributed by atoms with Crippen molar-refractivity contribution in [2.45, 2.75) is 72.1 Å². The van der Waals surface area contributed by atoms with Gasteiger partial charge in [0.2, 0.25) is 5.91 Å². The number of nitrogens with zero attached hydrogens (tertiary/aromatic N) is 1. The predicted molar refractivity (Wildman–Crippen MR) is 109 cm³/mol. The number of hydrogen-bond acceptors (Lipinski definition) is 4. The number of carbonyl (C=O) groups excluding carboxylic acids is 2. The van der Waals surface area contributed by atoms with E-state index in [1.807, 2.05) is 49.9 Å². The monoisotopic (exact) mass is 390 g/mol. The Kier molecular flexibility index (Phi) is 7.33. The van der Waals surface area contributed by atoms with Crippen LogP contribution in [-0.4, -0.2) is 47.7 Å². The fourth-order valence-electron chi connectivity index (χ4n) is 3.15. The molecular formula is C22H34N2O4. The van der Waals surface area contributed by atoms with E-state index in [1.54, 1.807) is 20.8 Å². The summed E-state index contributed by atoms with van der Waals surface area (Å²) in [6.07, 6.45) is 1.09. The topological polar surface area (TPSA) is 67.9 Å². The fourth-order valence-corrected chi connectivity index (χ4v) is 3.15. The zero-order valence-corrected chi connectivity index (χ0v) is 18.0. The number of piperidine rings is 1. The predicted octanol–water partition coefficient (Wildman–Crippen LogP) is 3.91. The molecule has 0 aliphatic carbocycles. The molecule has 1 aliphatic heterocycles. The summed E-state index contributed by atoms with van der Waals surface area (Å²) >= 11 is 0. The molecular weight excluding hydrogens is 356 g/mol. The van der Waals surface area contributed by atoms with Crippen LogP contribution in [-0.2, 0) is 9.53 Å². The van der Waals surface area contributed by atoms with Crippen molar-refractivity contribution >= 4 is 12.0 Å². The Bertz CT molecular complexity index is 656. The summed E-state index contributed by atoms with van der Waals surface area (Å²) in [5.74, 6) is 0.776. The quantitative estimate of drug-likeness (QED) is 0.828. The van der Waals surface area contributed by atoms with Gasteiger partial charge in [-0.3, -0.25) is 4.79 Å². The first-order chi connectivity index (χ1) is 13.0. The molecule has 1 aliphatic rings. The van der Waals surface area contributed by atoms with Gasteiger partial charge >= 0.3 is 6.09 Å². The van der Waals surface area contributed by atoms with Crippen molar-refractivity contribution < 1.29 is 19.1 Å². The largest absolute Gasteiger partial charge is 0.490 e. The van der Waals surface area contributed by atoms with E-state index in [9.17, 15) is 9.59 Å². The third-order valence-corrected chi connectivity index (χ3v) is 4.68. The molecule has 1 aromatic carbocycles. The molecule has 0 radical (unpaired) electrons. The number of aryl methyl sites for hydroxylation is 1. The number of hydrogen-bond donors (Lipinski definition) is 1. The average Bonchev–Trinajstić information content (AvgIpc) is 2.60. The summed E-state index contributed by atoms with van der Waals surface area (Å²) in [4.78, 5) is 26.9. The van der Waals surface area contributed by atoms with E-state index in [0.29, 0.717) is 13.1 Å². The van der Waals surface area contributed by atoms with Crippen LogP contribution < -0.4 is 10.1 Å². The summed E-state index contributed by atoms with van der Waals surface area (Å²) < 4.78 is 11.3. The number of benzene rings is 1. The molecule has 6 heteroatoms. The number of ether oxygens (including phenoxy) is 2. The van der Waals surface area contributed by atoms with Crippen molar-refractivity contribution in [1.82, 2.24) is 10.2 Å². The number of likely N-dealkylation sites (tertiary alicyclic amines) is 1. The van der Waals surface area contributed by atoms with E-state index in [-0.39, 0.29) is 17.9 Å². The van der Waals surface area contributed by atoms with Crippen LogP contribution in [0, 0.1) is 12.8 Å². The minimum atomic E-state index is -0.597. The molecule has 28 heavy (non-hydrogen) atoms. The Morgan fingerprint density at radius 3 is 2.18 bits per heavy atom. The summed E-state index contributed by atoms with van der Waals surface area (Å²) in [5.41, 5.74) is 0.602. The second-order valence-electron chi connectivity index (χ2n) is 8.82. The van der Waals surface area contributed by atoms with E-state index in [1.165, 1.54) is 5.56 Å². The lowest BCUT2D eigenvalue weighted by Crippen LogP contribution is -2.54. The molecule has 0 bridgehead atoms. The maximum atomic E-state index is 13.0. The van der Waals surface area contributed by atoms with Crippen molar-refractivity contribution in [1.29, 1.82) is 0 Å². The van der Waals surface area contributed by atoms with Crippen LogP contribution in [0.1, 0.15) is 53.0 Å². The first kappa shape index (κ1) is 22.1. The highest BCUT2D eigenvalue weighted by molar-refractivity contribution is 5.86. The molecule has 1 atom stereocenters. The Balaban J connectivity index is 1.89. The molecule has 0 spiro atoms. The minimum Gasteiger partial charge on any atom is -0.490 e. The molecule has 156 valence electrons. The van der Waals surface area contributed by atoms with Gasteiger partial charge in [0.25, 0.3) is 0 Å². The highest BCUT2D eigenvalue weighted by Gasteiger charge is 2.32. The van der Waals surface area contributed by atoms with Gasteiger partial charge in [0, 0.05) is 25.9 Å². The number of alkyl carbamates (subject to hydrolysis) is 1. The smallest absolute Gasteiger partial charge is 0.408 e. The molecule has 0 unspecified atom stereocenters. The highest BCUT2D eigenvalue weighted by atomic mass is 16.6. The van der Waals surface area contributed by atoms with Crippen LogP contribution >= 0.6 is 0 Å². The Morgan fingerprint density at radius 2 is 1.68 bits per heavy atom. The Morgan fingerprint density at radius 1 is 1.11 bits per heavy atom. The van der Waals surface area contributed by atoms with E-state index in [4.69, 9.17) is 9.47 Å². The minimum absolute atomic E-state index is 0.0263. The zero-order valence-electron chi connectivity index (χ0n) is 18.0. The standard InChI is InChI=1S/C22H34N2O4/c1-15(2)19(23-21(26)28-22(4,5)6)20(25)24-13-11-18(12-14-24)27-17-9-7-16(3)8-10-17/h7-10,15,18-19H,11-14H2,1-6H3,(H,23,26)/t19-/m0/s1. The summed E-state index contributed by atoms with van der Waals surface area (Å²) in [6.45, 7) is 12.5. The summed E-state index contributed by atoms with van der Waals surface area (Å²) in [6, 6.07) is 7.43. The van der Waals surface area contributed by atoms with Gasteiger partial charge in [-0.15, -0.1) is 0 Å². The zero-order chi connectivity index (χ0) is 20.9. The van der Waals surface area contributed by atoms with Gasteiger partial charge in [-0.1, -0.05) is 31.5 Å². The second kappa shape index (κ2) is 9.30. The molecule has 1 fully saturated rings. The number of nitrogens with one attached hydrogen (secondary N) is 1. The van der Waals surface area contributed by atoms with E-state index >= 15 is 0 Å². The van der Waals surface area contributed by atoms with Crippen LogP contribution in [0.15, 0.2) is 24.3 Å². The van der Waals surface area contributed by atoms with E-state index < -0.39 is 17.7 Å². The SMILES string of the molecule is Cc1ccc(OC2CCN(C(=O)[C@@H](NC(=O)OC(C)(C)C)C(C)C)CC2)cc1. The number of amides is 2. The molecule has 1 heterocycles.